The Morgan fingerprint density at radius 2 is 1.03 bits per heavy atom. The van der Waals surface area contributed by atoms with Gasteiger partial charge in [-0.15, -0.1) is 0 Å². The molecule has 4 N–H and O–H groups in total. The third-order valence-corrected chi connectivity index (χ3v) is 8.70. The fourth-order valence-corrected chi connectivity index (χ4v) is 6.41. The summed E-state index contributed by atoms with van der Waals surface area (Å²) in [5, 5.41) is 0. The van der Waals surface area contributed by atoms with Crippen molar-refractivity contribution in [2.45, 2.75) is 46.3 Å². The molecule has 0 amide bonds. The molecule has 0 saturated carbocycles. The van der Waals surface area contributed by atoms with Crippen LogP contribution in [0, 0.1) is 0 Å². The van der Waals surface area contributed by atoms with Gasteiger partial charge in [0, 0.05) is 53.2 Å². The number of nitrogens with two attached hydrogens (primary N) is 2. The number of hydrogen-bond donors (Lipinski definition) is 2. The minimum Gasteiger partial charge on any atom is -0.398 e. The Balaban J connectivity index is 1.57. The van der Waals surface area contributed by atoms with Crippen LogP contribution < -0.4 is 11.5 Å². The van der Waals surface area contributed by atoms with Crippen molar-refractivity contribution in [3.63, 3.8) is 0 Å². The summed E-state index contributed by atoms with van der Waals surface area (Å²) in [5.74, 6) is -0.300. The Labute approximate surface area is 219 Å². The van der Waals surface area contributed by atoms with Crippen LogP contribution in [0.15, 0.2) is 92.4 Å². The van der Waals surface area contributed by atoms with Crippen molar-refractivity contribution < 1.29 is 9.59 Å². The Hall–Kier alpha value is -3.48. The average molecular weight is 511 g/mol. The van der Waals surface area contributed by atoms with Crippen LogP contribution in [0.2, 0.25) is 0 Å². The number of ketones is 2. The van der Waals surface area contributed by atoms with Crippen LogP contribution in [0.4, 0.5) is 11.4 Å². The molecule has 6 heteroatoms. The minimum absolute atomic E-state index is 0.145. The highest BCUT2D eigenvalue weighted by atomic mass is 32.2. The smallest absolute Gasteiger partial charge is 0.196 e. The van der Waals surface area contributed by atoms with Crippen molar-refractivity contribution in [3.05, 3.63) is 106 Å². The number of carbonyl (C=O) groups excluding carboxylic acids is 2. The van der Waals surface area contributed by atoms with Crippen LogP contribution in [-0.2, 0) is 12.8 Å². The molecule has 5 rings (SSSR count). The Kier molecular flexibility index (Phi) is 6.65. The maximum Gasteiger partial charge on any atom is 0.196 e. The highest BCUT2D eigenvalue weighted by molar-refractivity contribution is 8.00. The van der Waals surface area contributed by atoms with E-state index in [-0.39, 0.29) is 11.6 Å². The molecule has 0 radical (unpaired) electrons. The molecule has 0 bridgehead atoms. The molecule has 0 fully saturated rings. The third kappa shape index (κ3) is 4.31. The van der Waals surface area contributed by atoms with Crippen molar-refractivity contribution in [3.8, 4) is 0 Å². The number of rotatable bonds is 6. The van der Waals surface area contributed by atoms with Crippen molar-refractivity contribution in [2.75, 3.05) is 11.5 Å². The lowest BCUT2D eigenvalue weighted by atomic mass is 9.84. The SMILES string of the molecule is CCc1ccc(Sc2cccc3c2C(=O)c2c(Sc4ccc(CC)cc4N)cccc2C3=O)c(N)c1. The molecule has 180 valence electrons. The zero-order chi connectivity index (χ0) is 25.4. The van der Waals surface area contributed by atoms with Crippen LogP contribution in [0.5, 0.6) is 0 Å². The van der Waals surface area contributed by atoms with E-state index in [1.807, 2.05) is 60.7 Å². The van der Waals surface area contributed by atoms with Gasteiger partial charge < -0.3 is 11.5 Å². The van der Waals surface area contributed by atoms with Crippen molar-refractivity contribution in [1.29, 1.82) is 0 Å². The molecule has 0 saturated heterocycles. The van der Waals surface area contributed by atoms with Gasteiger partial charge in [0.1, 0.15) is 0 Å². The number of aryl methyl sites for hydroxylation is 2. The van der Waals surface area contributed by atoms with E-state index in [1.54, 1.807) is 12.1 Å². The second kappa shape index (κ2) is 9.88. The van der Waals surface area contributed by atoms with Crippen LogP contribution in [0.25, 0.3) is 0 Å². The van der Waals surface area contributed by atoms with Gasteiger partial charge in [-0.05, 0) is 60.4 Å². The summed E-state index contributed by atoms with van der Waals surface area (Å²) in [7, 11) is 0. The van der Waals surface area contributed by atoms with Gasteiger partial charge in [0.25, 0.3) is 0 Å². The average Bonchev–Trinajstić information content (AvgIpc) is 2.89. The maximum atomic E-state index is 14.0. The van der Waals surface area contributed by atoms with E-state index in [1.165, 1.54) is 23.5 Å². The molecular formula is C30H26N2O2S2. The van der Waals surface area contributed by atoms with Gasteiger partial charge in [0.2, 0.25) is 0 Å². The zero-order valence-corrected chi connectivity index (χ0v) is 21.8. The highest BCUT2D eigenvalue weighted by Crippen LogP contribution is 2.43. The lowest BCUT2D eigenvalue weighted by Gasteiger charge is -2.22. The van der Waals surface area contributed by atoms with Gasteiger partial charge in [0.05, 0.1) is 0 Å². The van der Waals surface area contributed by atoms with Gasteiger partial charge in [0.15, 0.2) is 11.6 Å². The van der Waals surface area contributed by atoms with Crippen molar-refractivity contribution in [1.82, 2.24) is 0 Å². The quantitative estimate of drug-likeness (QED) is 0.238. The Morgan fingerprint density at radius 1 is 0.583 bits per heavy atom. The number of carbonyl (C=O) groups is 2. The molecular weight excluding hydrogens is 484 g/mol. The molecule has 36 heavy (non-hydrogen) atoms. The summed E-state index contributed by atoms with van der Waals surface area (Å²) in [5.41, 5.74) is 18.0. The normalized spacial score (nSPS) is 12.4. The lowest BCUT2D eigenvalue weighted by Crippen LogP contribution is -2.22. The van der Waals surface area contributed by atoms with Gasteiger partial charge in [-0.1, -0.05) is 73.8 Å². The van der Waals surface area contributed by atoms with Crippen LogP contribution in [0.1, 0.15) is 56.8 Å². The van der Waals surface area contributed by atoms with Gasteiger partial charge in [-0.25, -0.2) is 0 Å². The topological polar surface area (TPSA) is 86.2 Å². The summed E-state index contributed by atoms with van der Waals surface area (Å²) < 4.78 is 0. The second-order valence-corrected chi connectivity index (χ2v) is 10.8. The molecule has 1 aliphatic rings. The third-order valence-electron chi connectivity index (χ3n) is 6.40. The standard InChI is InChI=1S/C30H26N2O2S2/c1-3-17-11-13-23(21(31)15-17)35-25-9-5-7-19-27(25)30(34)28-20(29(19)33)8-6-10-26(28)36-24-14-12-18(4-2)16-22(24)32/h5-16H,3-4,31-32H2,1-2H3. The van der Waals surface area contributed by atoms with E-state index in [0.717, 1.165) is 43.6 Å². The first-order valence-electron chi connectivity index (χ1n) is 11.9. The molecule has 0 aliphatic heterocycles. The van der Waals surface area contributed by atoms with E-state index < -0.39 is 0 Å². The number of fused-ring (bicyclic) bond motifs is 2. The fourth-order valence-electron chi connectivity index (χ4n) is 4.41. The van der Waals surface area contributed by atoms with Gasteiger partial charge in [-0.2, -0.15) is 0 Å². The molecule has 0 heterocycles. The van der Waals surface area contributed by atoms with Crippen molar-refractivity contribution in [2.24, 2.45) is 0 Å². The monoisotopic (exact) mass is 510 g/mol. The fraction of sp³-hybridized carbons (Fsp3) is 0.133. The Morgan fingerprint density at radius 3 is 1.42 bits per heavy atom. The number of benzene rings is 4. The van der Waals surface area contributed by atoms with Crippen LogP contribution in [-0.4, -0.2) is 11.6 Å². The van der Waals surface area contributed by atoms with E-state index >= 15 is 0 Å². The van der Waals surface area contributed by atoms with Gasteiger partial charge >= 0.3 is 0 Å². The zero-order valence-electron chi connectivity index (χ0n) is 20.1. The minimum atomic E-state index is -0.154. The lowest BCUT2D eigenvalue weighted by molar-refractivity contribution is 0.0974. The van der Waals surface area contributed by atoms with E-state index in [9.17, 15) is 9.59 Å². The first-order chi connectivity index (χ1) is 17.4. The summed E-state index contributed by atoms with van der Waals surface area (Å²) in [6.45, 7) is 4.16. The summed E-state index contributed by atoms with van der Waals surface area (Å²) in [6.07, 6.45) is 1.79. The first kappa shape index (κ1) is 24.2. The second-order valence-electron chi connectivity index (χ2n) is 8.67. The molecule has 4 nitrogen and oxygen atoms in total. The van der Waals surface area contributed by atoms with Crippen LogP contribution in [0.3, 0.4) is 0 Å². The molecule has 0 aromatic heterocycles. The van der Waals surface area contributed by atoms with E-state index in [0.29, 0.717) is 33.6 Å². The van der Waals surface area contributed by atoms with Crippen molar-refractivity contribution >= 4 is 46.5 Å². The molecule has 0 spiro atoms. The number of hydrogen-bond acceptors (Lipinski definition) is 6. The summed E-state index contributed by atoms with van der Waals surface area (Å²) in [4.78, 5) is 30.7. The summed E-state index contributed by atoms with van der Waals surface area (Å²) in [6, 6.07) is 22.8. The number of anilines is 2. The summed E-state index contributed by atoms with van der Waals surface area (Å²) >= 11 is 2.84. The first-order valence-corrected chi connectivity index (χ1v) is 13.5. The Bertz CT molecular complexity index is 1420. The predicted octanol–water partition coefficient (Wildman–Crippen LogP) is 7.05. The molecule has 1 aliphatic carbocycles. The highest BCUT2D eigenvalue weighted by Gasteiger charge is 2.34. The van der Waals surface area contributed by atoms with Crippen LogP contribution >= 0.6 is 23.5 Å². The predicted molar refractivity (Wildman–Crippen MR) is 148 cm³/mol. The van der Waals surface area contributed by atoms with E-state index in [4.69, 9.17) is 11.5 Å². The largest absolute Gasteiger partial charge is 0.398 e. The number of nitrogen functional groups attached to an aromatic ring is 2. The molecule has 0 unspecified atom stereocenters. The maximum absolute atomic E-state index is 14.0. The van der Waals surface area contributed by atoms with Gasteiger partial charge in [-0.3, -0.25) is 9.59 Å². The van der Waals surface area contributed by atoms with E-state index in [2.05, 4.69) is 13.8 Å². The molecule has 0 atom stereocenters. The molecule has 4 aromatic rings. The molecule has 4 aromatic carbocycles.